The van der Waals surface area contributed by atoms with Gasteiger partial charge in [-0.05, 0) is 38.0 Å². The van der Waals surface area contributed by atoms with Gasteiger partial charge in [-0.2, -0.15) is 0 Å². The summed E-state index contributed by atoms with van der Waals surface area (Å²) in [5.74, 6) is 0.935. The van der Waals surface area contributed by atoms with Gasteiger partial charge in [0, 0.05) is 32.2 Å². The van der Waals surface area contributed by atoms with E-state index >= 15 is 0 Å². The standard InChI is InChI=1S/C18H25N3O2S/c1-2-23-15-5-6-16-17(12-15)24-18(19-16)21-7-3-4-14(13-21)20-8-10-22-11-9-20/h5-6,12,14H,2-4,7-11,13H2,1H3. The molecule has 0 aliphatic carbocycles. The number of rotatable bonds is 4. The fraction of sp³-hybridized carbons (Fsp3) is 0.611. The molecule has 1 aromatic carbocycles. The lowest BCUT2D eigenvalue weighted by Gasteiger charge is -2.40. The van der Waals surface area contributed by atoms with E-state index in [0.29, 0.717) is 12.6 Å². The van der Waals surface area contributed by atoms with E-state index in [4.69, 9.17) is 14.5 Å². The van der Waals surface area contributed by atoms with Crippen LogP contribution in [0.25, 0.3) is 10.2 Å². The summed E-state index contributed by atoms with van der Waals surface area (Å²) in [6.45, 7) is 8.78. The first kappa shape index (κ1) is 16.1. The Balaban J connectivity index is 1.50. The van der Waals surface area contributed by atoms with Crippen LogP contribution in [0.4, 0.5) is 5.13 Å². The summed E-state index contributed by atoms with van der Waals surface area (Å²) in [4.78, 5) is 9.92. The Labute approximate surface area is 147 Å². The second-order valence-corrected chi connectivity index (χ2v) is 7.46. The third kappa shape index (κ3) is 3.36. The Bertz CT molecular complexity index is 684. The first-order valence-corrected chi connectivity index (χ1v) is 9.75. The van der Waals surface area contributed by atoms with Gasteiger partial charge in [0.1, 0.15) is 5.75 Å². The fourth-order valence-corrected chi connectivity index (χ4v) is 4.68. The van der Waals surface area contributed by atoms with Gasteiger partial charge in [-0.3, -0.25) is 4.90 Å². The third-order valence-electron chi connectivity index (χ3n) is 4.89. The average molecular weight is 347 g/mol. The van der Waals surface area contributed by atoms with Crippen LogP contribution < -0.4 is 9.64 Å². The molecular weight excluding hydrogens is 322 g/mol. The van der Waals surface area contributed by atoms with Crippen molar-refractivity contribution >= 4 is 26.7 Å². The molecule has 4 rings (SSSR count). The van der Waals surface area contributed by atoms with Crippen LogP contribution in [0.5, 0.6) is 5.75 Å². The molecule has 2 fully saturated rings. The zero-order chi connectivity index (χ0) is 16.4. The summed E-state index contributed by atoms with van der Waals surface area (Å²) < 4.78 is 12.3. The molecule has 2 aromatic rings. The molecule has 1 unspecified atom stereocenters. The number of anilines is 1. The number of hydrogen-bond donors (Lipinski definition) is 0. The van der Waals surface area contributed by atoms with E-state index in [1.54, 1.807) is 11.3 Å². The number of thiazole rings is 1. The van der Waals surface area contributed by atoms with Gasteiger partial charge >= 0.3 is 0 Å². The molecule has 3 heterocycles. The van der Waals surface area contributed by atoms with Crippen molar-refractivity contribution in [3.8, 4) is 5.75 Å². The van der Waals surface area contributed by atoms with Gasteiger partial charge in [0.2, 0.25) is 0 Å². The zero-order valence-electron chi connectivity index (χ0n) is 14.2. The highest BCUT2D eigenvalue weighted by molar-refractivity contribution is 7.22. The summed E-state index contributed by atoms with van der Waals surface area (Å²) in [5, 5.41) is 1.15. The predicted octanol–water partition coefficient (Wildman–Crippen LogP) is 3.00. The van der Waals surface area contributed by atoms with E-state index in [9.17, 15) is 0 Å². The van der Waals surface area contributed by atoms with E-state index in [1.807, 2.05) is 13.0 Å². The lowest BCUT2D eigenvalue weighted by molar-refractivity contribution is 0.0137. The van der Waals surface area contributed by atoms with E-state index in [1.165, 1.54) is 17.5 Å². The molecule has 0 N–H and O–H groups in total. The number of piperidine rings is 1. The van der Waals surface area contributed by atoms with E-state index < -0.39 is 0 Å². The smallest absolute Gasteiger partial charge is 0.186 e. The molecular formula is C18H25N3O2S. The van der Waals surface area contributed by atoms with E-state index in [2.05, 4.69) is 21.9 Å². The van der Waals surface area contributed by atoms with Gasteiger partial charge in [-0.15, -0.1) is 0 Å². The lowest BCUT2D eigenvalue weighted by Crippen LogP contribution is -2.51. The molecule has 0 radical (unpaired) electrons. The molecule has 6 heteroatoms. The summed E-state index contributed by atoms with van der Waals surface area (Å²) in [7, 11) is 0. The Hall–Kier alpha value is -1.37. The van der Waals surface area contributed by atoms with Crippen LogP contribution in [0.3, 0.4) is 0 Å². The highest BCUT2D eigenvalue weighted by Gasteiger charge is 2.27. The van der Waals surface area contributed by atoms with Crippen LogP contribution in [0.1, 0.15) is 19.8 Å². The monoisotopic (exact) mass is 347 g/mol. The molecule has 0 saturated carbocycles. The fourth-order valence-electron chi connectivity index (χ4n) is 3.65. The highest BCUT2D eigenvalue weighted by atomic mass is 32.1. The molecule has 1 aromatic heterocycles. The van der Waals surface area contributed by atoms with Gasteiger partial charge in [-0.25, -0.2) is 4.98 Å². The summed E-state index contributed by atoms with van der Waals surface area (Å²) in [5.41, 5.74) is 1.08. The minimum absolute atomic E-state index is 0.633. The molecule has 2 aliphatic rings. The molecule has 0 amide bonds. The van der Waals surface area contributed by atoms with Gasteiger partial charge < -0.3 is 14.4 Å². The minimum atomic E-state index is 0.633. The van der Waals surface area contributed by atoms with Crippen LogP contribution in [0.2, 0.25) is 0 Å². The van der Waals surface area contributed by atoms with Crippen LogP contribution in [-0.2, 0) is 4.74 Å². The van der Waals surface area contributed by atoms with Gasteiger partial charge in [0.25, 0.3) is 0 Å². The summed E-state index contributed by atoms with van der Waals surface area (Å²) >= 11 is 1.78. The number of ether oxygens (including phenoxy) is 2. The first-order chi connectivity index (χ1) is 11.8. The molecule has 130 valence electrons. The zero-order valence-corrected chi connectivity index (χ0v) is 15.1. The minimum Gasteiger partial charge on any atom is -0.494 e. The quantitative estimate of drug-likeness (QED) is 0.850. The van der Waals surface area contributed by atoms with Crippen LogP contribution in [0.15, 0.2) is 18.2 Å². The van der Waals surface area contributed by atoms with Gasteiger partial charge in [0.05, 0.1) is 30.0 Å². The van der Waals surface area contributed by atoms with Crippen molar-refractivity contribution in [2.24, 2.45) is 0 Å². The number of fused-ring (bicyclic) bond motifs is 1. The number of nitrogens with zero attached hydrogens (tertiary/aromatic N) is 3. The van der Waals surface area contributed by atoms with Crippen LogP contribution in [0, 0.1) is 0 Å². The molecule has 0 spiro atoms. The van der Waals surface area contributed by atoms with Crippen molar-refractivity contribution in [3.05, 3.63) is 18.2 Å². The number of benzene rings is 1. The predicted molar refractivity (Wildman–Crippen MR) is 98.4 cm³/mol. The van der Waals surface area contributed by atoms with Crippen LogP contribution >= 0.6 is 11.3 Å². The maximum atomic E-state index is 5.61. The topological polar surface area (TPSA) is 37.8 Å². The molecule has 1 atom stereocenters. The largest absolute Gasteiger partial charge is 0.494 e. The molecule has 0 bridgehead atoms. The third-order valence-corrected chi connectivity index (χ3v) is 5.97. The SMILES string of the molecule is CCOc1ccc2nc(N3CCCC(N4CCOCC4)C3)sc2c1. The molecule has 24 heavy (non-hydrogen) atoms. The Morgan fingerprint density at radius 2 is 2.17 bits per heavy atom. The van der Waals surface area contributed by atoms with Crippen molar-refractivity contribution in [2.45, 2.75) is 25.8 Å². The van der Waals surface area contributed by atoms with Gasteiger partial charge in [0.15, 0.2) is 5.13 Å². The molecule has 2 aliphatic heterocycles. The highest BCUT2D eigenvalue weighted by Crippen LogP contribution is 2.33. The Kier molecular flexibility index (Phi) is 4.87. The Morgan fingerprint density at radius 1 is 1.29 bits per heavy atom. The summed E-state index contributed by atoms with van der Waals surface area (Å²) in [6.07, 6.45) is 2.53. The van der Waals surface area contributed by atoms with Crippen molar-refractivity contribution in [1.82, 2.24) is 9.88 Å². The Morgan fingerprint density at radius 3 is 3.00 bits per heavy atom. The average Bonchev–Trinajstić information content (AvgIpc) is 3.06. The maximum absolute atomic E-state index is 5.61. The summed E-state index contributed by atoms with van der Waals surface area (Å²) in [6, 6.07) is 6.84. The van der Waals surface area contributed by atoms with E-state index in [0.717, 1.165) is 55.8 Å². The van der Waals surface area contributed by atoms with Crippen molar-refractivity contribution < 1.29 is 9.47 Å². The lowest BCUT2D eigenvalue weighted by atomic mass is 10.0. The van der Waals surface area contributed by atoms with Crippen molar-refractivity contribution in [3.63, 3.8) is 0 Å². The molecule has 2 saturated heterocycles. The maximum Gasteiger partial charge on any atom is 0.186 e. The van der Waals surface area contributed by atoms with Crippen LogP contribution in [-0.4, -0.2) is 61.9 Å². The number of morpholine rings is 1. The normalized spacial score (nSPS) is 22.9. The van der Waals surface area contributed by atoms with Crippen molar-refractivity contribution in [2.75, 3.05) is 50.9 Å². The van der Waals surface area contributed by atoms with Crippen molar-refractivity contribution in [1.29, 1.82) is 0 Å². The van der Waals surface area contributed by atoms with Gasteiger partial charge in [-0.1, -0.05) is 11.3 Å². The molecule has 5 nitrogen and oxygen atoms in total. The first-order valence-electron chi connectivity index (χ1n) is 8.93. The second-order valence-electron chi connectivity index (χ2n) is 6.45. The van der Waals surface area contributed by atoms with E-state index in [-0.39, 0.29) is 0 Å². The number of hydrogen-bond acceptors (Lipinski definition) is 6. The number of aromatic nitrogens is 1. The second kappa shape index (κ2) is 7.25.